The Morgan fingerprint density at radius 2 is 1.63 bits per heavy atom. The molecule has 0 rings (SSSR count). The van der Waals surface area contributed by atoms with Gasteiger partial charge in [-0.15, -0.1) is 0 Å². The predicted molar refractivity (Wildman–Crippen MR) is 76.1 cm³/mol. The third-order valence-corrected chi connectivity index (χ3v) is 2.89. The van der Waals surface area contributed by atoms with Gasteiger partial charge in [-0.3, -0.25) is 4.79 Å². The predicted octanol–water partition coefficient (Wildman–Crippen LogP) is 2.61. The van der Waals surface area contributed by atoms with E-state index in [1.807, 2.05) is 20.8 Å². The van der Waals surface area contributed by atoms with Crippen LogP contribution in [-0.2, 0) is 4.79 Å². The number of carbonyl (C=O) groups is 2. The molecule has 0 aromatic rings. The standard InChI is InChI=1S/C14H28N2O3/c1-13(2,3)7-8-15-12(19)16-10(9-11(17)18)14(4,5)6/h10H,7-9H2,1-6H3,(H,17,18)(H2,15,16,19). The van der Waals surface area contributed by atoms with Gasteiger partial charge >= 0.3 is 12.0 Å². The molecule has 112 valence electrons. The zero-order chi connectivity index (χ0) is 15.3. The van der Waals surface area contributed by atoms with Crippen LogP contribution in [0.15, 0.2) is 0 Å². The summed E-state index contributed by atoms with van der Waals surface area (Å²) in [6.07, 6.45) is 0.801. The topological polar surface area (TPSA) is 78.4 Å². The lowest BCUT2D eigenvalue weighted by Crippen LogP contribution is -2.49. The average Bonchev–Trinajstić information content (AvgIpc) is 2.12. The normalized spacial score (nSPS) is 13.8. The zero-order valence-electron chi connectivity index (χ0n) is 13.0. The first kappa shape index (κ1) is 17.7. The molecule has 0 saturated carbocycles. The molecule has 0 aromatic heterocycles. The zero-order valence-corrected chi connectivity index (χ0v) is 13.0. The molecular weight excluding hydrogens is 244 g/mol. The fraction of sp³-hybridized carbons (Fsp3) is 0.857. The fourth-order valence-corrected chi connectivity index (χ4v) is 1.51. The van der Waals surface area contributed by atoms with Gasteiger partial charge in [0.1, 0.15) is 0 Å². The van der Waals surface area contributed by atoms with Gasteiger partial charge in [-0.25, -0.2) is 4.79 Å². The largest absolute Gasteiger partial charge is 0.481 e. The molecule has 5 nitrogen and oxygen atoms in total. The summed E-state index contributed by atoms with van der Waals surface area (Å²) >= 11 is 0. The van der Waals surface area contributed by atoms with E-state index in [0.717, 1.165) is 6.42 Å². The molecular formula is C14H28N2O3. The summed E-state index contributed by atoms with van der Waals surface area (Å²) in [6.45, 7) is 12.6. The van der Waals surface area contributed by atoms with Crippen molar-refractivity contribution in [3.05, 3.63) is 0 Å². The van der Waals surface area contributed by atoms with Gasteiger partial charge in [0.25, 0.3) is 0 Å². The molecule has 0 bridgehead atoms. The van der Waals surface area contributed by atoms with E-state index in [-0.39, 0.29) is 29.3 Å². The molecule has 3 N–H and O–H groups in total. The summed E-state index contributed by atoms with van der Waals surface area (Å²) in [5, 5.41) is 14.4. The number of hydrogen-bond acceptors (Lipinski definition) is 2. The number of hydrogen-bond donors (Lipinski definition) is 3. The fourth-order valence-electron chi connectivity index (χ4n) is 1.51. The van der Waals surface area contributed by atoms with Crippen molar-refractivity contribution in [1.29, 1.82) is 0 Å². The highest BCUT2D eigenvalue weighted by Crippen LogP contribution is 2.22. The number of carboxylic acids is 1. The minimum absolute atomic E-state index is 0.0732. The molecule has 0 radical (unpaired) electrons. The van der Waals surface area contributed by atoms with Crippen molar-refractivity contribution in [2.24, 2.45) is 10.8 Å². The van der Waals surface area contributed by atoms with E-state index in [0.29, 0.717) is 6.54 Å². The van der Waals surface area contributed by atoms with Gasteiger partial charge in [-0.2, -0.15) is 0 Å². The third kappa shape index (κ3) is 9.33. The Kier molecular flexibility index (Phi) is 6.33. The molecule has 2 amide bonds. The average molecular weight is 272 g/mol. The summed E-state index contributed by atoms with van der Waals surface area (Å²) in [4.78, 5) is 22.6. The maximum absolute atomic E-state index is 11.8. The van der Waals surface area contributed by atoms with Crippen LogP contribution in [0.25, 0.3) is 0 Å². The first-order chi connectivity index (χ1) is 8.42. The minimum Gasteiger partial charge on any atom is -0.481 e. The number of carbonyl (C=O) groups excluding carboxylic acids is 1. The van der Waals surface area contributed by atoms with Crippen LogP contribution in [0.5, 0.6) is 0 Å². The third-order valence-electron chi connectivity index (χ3n) is 2.89. The second-order valence-corrected chi connectivity index (χ2v) is 7.23. The highest BCUT2D eigenvalue weighted by atomic mass is 16.4. The van der Waals surface area contributed by atoms with Gasteiger partial charge < -0.3 is 15.7 Å². The Morgan fingerprint density at radius 3 is 2.00 bits per heavy atom. The van der Waals surface area contributed by atoms with E-state index in [9.17, 15) is 9.59 Å². The molecule has 1 atom stereocenters. The van der Waals surface area contributed by atoms with Crippen molar-refractivity contribution in [3.63, 3.8) is 0 Å². The van der Waals surface area contributed by atoms with Crippen molar-refractivity contribution in [3.8, 4) is 0 Å². The molecule has 1 unspecified atom stereocenters. The lowest BCUT2D eigenvalue weighted by molar-refractivity contribution is -0.138. The molecule has 0 aliphatic rings. The number of urea groups is 1. The van der Waals surface area contributed by atoms with Gasteiger partial charge in [-0.1, -0.05) is 41.5 Å². The molecule has 0 fully saturated rings. The molecule has 0 aliphatic carbocycles. The lowest BCUT2D eigenvalue weighted by Gasteiger charge is -2.30. The smallest absolute Gasteiger partial charge is 0.315 e. The Morgan fingerprint density at radius 1 is 1.11 bits per heavy atom. The molecule has 0 aromatic carbocycles. The maximum atomic E-state index is 11.8. The van der Waals surface area contributed by atoms with Crippen molar-refractivity contribution in [2.75, 3.05) is 6.54 Å². The van der Waals surface area contributed by atoms with E-state index < -0.39 is 5.97 Å². The first-order valence-corrected chi connectivity index (χ1v) is 6.68. The van der Waals surface area contributed by atoms with E-state index >= 15 is 0 Å². The van der Waals surface area contributed by atoms with Crippen LogP contribution >= 0.6 is 0 Å². The molecule has 0 heterocycles. The van der Waals surface area contributed by atoms with Crippen molar-refractivity contribution in [2.45, 2.75) is 60.4 Å². The number of nitrogens with one attached hydrogen (secondary N) is 2. The van der Waals surface area contributed by atoms with Gasteiger partial charge in [0.05, 0.1) is 6.42 Å². The van der Waals surface area contributed by atoms with Gasteiger partial charge in [0.15, 0.2) is 0 Å². The Balaban J connectivity index is 4.29. The van der Waals surface area contributed by atoms with Crippen LogP contribution in [0.1, 0.15) is 54.4 Å². The molecule has 19 heavy (non-hydrogen) atoms. The van der Waals surface area contributed by atoms with Crippen LogP contribution < -0.4 is 10.6 Å². The Labute approximate surface area is 116 Å². The van der Waals surface area contributed by atoms with E-state index in [1.165, 1.54) is 0 Å². The number of rotatable bonds is 5. The maximum Gasteiger partial charge on any atom is 0.315 e. The molecule has 0 saturated heterocycles. The van der Waals surface area contributed by atoms with Crippen LogP contribution in [-0.4, -0.2) is 29.7 Å². The van der Waals surface area contributed by atoms with Crippen LogP contribution in [0, 0.1) is 10.8 Å². The summed E-state index contributed by atoms with van der Waals surface area (Å²) in [6, 6.07) is -0.690. The number of carboxylic acid groups (broad SMARTS) is 1. The second-order valence-electron chi connectivity index (χ2n) is 7.23. The van der Waals surface area contributed by atoms with E-state index in [2.05, 4.69) is 31.4 Å². The molecule has 0 spiro atoms. The van der Waals surface area contributed by atoms with Crippen molar-refractivity contribution < 1.29 is 14.7 Å². The lowest BCUT2D eigenvalue weighted by atomic mass is 9.85. The van der Waals surface area contributed by atoms with Crippen LogP contribution in [0.4, 0.5) is 4.79 Å². The number of aliphatic carboxylic acids is 1. The van der Waals surface area contributed by atoms with Crippen LogP contribution in [0.2, 0.25) is 0 Å². The summed E-state index contributed by atoms with van der Waals surface area (Å²) in [7, 11) is 0. The Hall–Kier alpha value is -1.26. The van der Waals surface area contributed by atoms with E-state index in [4.69, 9.17) is 5.11 Å². The quantitative estimate of drug-likeness (QED) is 0.720. The number of amides is 2. The van der Waals surface area contributed by atoms with Crippen molar-refractivity contribution in [1.82, 2.24) is 10.6 Å². The van der Waals surface area contributed by atoms with Gasteiger partial charge in [0, 0.05) is 12.6 Å². The molecule has 5 heteroatoms. The van der Waals surface area contributed by atoms with Crippen molar-refractivity contribution >= 4 is 12.0 Å². The summed E-state index contributed by atoms with van der Waals surface area (Å²) in [5.74, 6) is -0.907. The summed E-state index contributed by atoms with van der Waals surface area (Å²) in [5.41, 5.74) is -0.127. The van der Waals surface area contributed by atoms with Gasteiger partial charge in [0.2, 0.25) is 0 Å². The Bertz CT molecular complexity index is 314. The monoisotopic (exact) mass is 272 g/mol. The second kappa shape index (κ2) is 6.78. The van der Waals surface area contributed by atoms with E-state index in [1.54, 1.807) is 0 Å². The minimum atomic E-state index is -0.907. The van der Waals surface area contributed by atoms with Crippen LogP contribution in [0.3, 0.4) is 0 Å². The SMILES string of the molecule is CC(C)(C)CCNC(=O)NC(CC(=O)O)C(C)(C)C. The van der Waals surface area contributed by atoms with Gasteiger partial charge in [-0.05, 0) is 17.3 Å². The first-order valence-electron chi connectivity index (χ1n) is 6.68. The highest BCUT2D eigenvalue weighted by Gasteiger charge is 2.28. The highest BCUT2D eigenvalue weighted by molar-refractivity contribution is 5.75. The molecule has 0 aliphatic heterocycles. The summed E-state index contributed by atoms with van der Waals surface area (Å²) < 4.78 is 0.